The van der Waals surface area contributed by atoms with Crippen molar-refractivity contribution in [3.8, 4) is 6.07 Å². The number of anilines is 1. The van der Waals surface area contributed by atoms with E-state index in [1.165, 1.54) is 12.1 Å². The molecule has 0 bridgehead atoms. The van der Waals surface area contributed by atoms with Crippen LogP contribution in [0.15, 0.2) is 54.6 Å². The first kappa shape index (κ1) is 13.1. The summed E-state index contributed by atoms with van der Waals surface area (Å²) in [4.78, 5) is 2.08. The summed E-state index contributed by atoms with van der Waals surface area (Å²) < 4.78 is 13.2. The van der Waals surface area contributed by atoms with E-state index in [0.717, 1.165) is 11.3 Å². The monoisotopic (exact) mass is 254 g/mol. The van der Waals surface area contributed by atoms with E-state index in [9.17, 15) is 4.39 Å². The molecule has 0 radical (unpaired) electrons. The molecular weight excluding hydrogens is 239 g/mol. The number of nitriles is 1. The first-order chi connectivity index (χ1) is 9.29. The molecule has 2 rings (SSSR count). The van der Waals surface area contributed by atoms with Gasteiger partial charge in [0.1, 0.15) is 5.82 Å². The van der Waals surface area contributed by atoms with Gasteiger partial charge < -0.3 is 4.90 Å². The van der Waals surface area contributed by atoms with Crippen LogP contribution in [0.5, 0.6) is 0 Å². The van der Waals surface area contributed by atoms with E-state index >= 15 is 0 Å². The Labute approximate surface area is 112 Å². The molecule has 2 aromatic carbocycles. The van der Waals surface area contributed by atoms with E-state index in [1.54, 1.807) is 6.07 Å². The Bertz CT molecular complexity index is 560. The Hall–Kier alpha value is -2.34. The number of hydrogen-bond donors (Lipinski definition) is 0. The van der Waals surface area contributed by atoms with Gasteiger partial charge in [-0.1, -0.05) is 30.3 Å². The Morgan fingerprint density at radius 1 is 1.05 bits per heavy atom. The molecule has 0 unspecified atom stereocenters. The predicted octanol–water partition coefficient (Wildman–Crippen LogP) is 3.75. The smallest absolute Gasteiger partial charge is 0.123 e. The quantitative estimate of drug-likeness (QED) is 0.812. The second-order valence-corrected chi connectivity index (χ2v) is 4.30. The molecule has 2 nitrogen and oxygen atoms in total. The van der Waals surface area contributed by atoms with Gasteiger partial charge >= 0.3 is 0 Å². The lowest BCUT2D eigenvalue weighted by Crippen LogP contribution is -2.23. The molecule has 3 heteroatoms. The molecule has 0 saturated carbocycles. The second-order valence-electron chi connectivity index (χ2n) is 4.30. The number of halogens is 1. The topological polar surface area (TPSA) is 27.0 Å². The third-order valence-electron chi connectivity index (χ3n) is 2.88. The van der Waals surface area contributed by atoms with Crippen molar-refractivity contribution in [3.05, 3.63) is 66.0 Å². The van der Waals surface area contributed by atoms with Crippen molar-refractivity contribution in [1.82, 2.24) is 0 Å². The zero-order valence-electron chi connectivity index (χ0n) is 10.6. The highest BCUT2D eigenvalue weighted by Crippen LogP contribution is 2.17. The van der Waals surface area contributed by atoms with Crippen molar-refractivity contribution in [2.75, 3.05) is 11.4 Å². The van der Waals surface area contributed by atoms with E-state index in [1.807, 2.05) is 36.4 Å². The first-order valence-corrected chi connectivity index (χ1v) is 6.21. The molecule has 0 amide bonds. The average molecular weight is 254 g/mol. The molecule has 0 fully saturated rings. The molecule has 96 valence electrons. The molecule has 0 N–H and O–H groups in total. The van der Waals surface area contributed by atoms with Gasteiger partial charge in [0.15, 0.2) is 0 Å². The van der Waals surface area contributed by atoms with Crippen LogP contribution >= 0.6 is 0 Å². The molecule has 19 heavy (non-hydrogen) atoms. The largest absolute Gasteiger partial charge is 0.366 e. The molecule has 0 aliphatic carbocycles. The summed E-state index contributed by atoms with van der Waals surface area (Å²) in [7, 11) is 0. The molecule has 2 aromatic rings. The Morgan fingerprint density at radius 3 is 2.53 bits per heavy atom. The van der Waals surface area contributed by atoms with Gasteiger partial charge in [-0.15, -0.1) is 0 Å². The lowest BCUT2D eigenvalue weighted by molar-refractivity contribution is 0.624. The fourth-order valence-corrected chi connectivity index (χ4v) is 1.98. The van der Waals surface area contributed by atoms with Crippen molar-refractivity contribution in [1.29, 1.82) is 5.26 Å². The highest BCUT2D eigenvalue weighted by atomic mass is 19.1. The average Bonchev–Trinajstić information content (AvgIpc) is 2.44. The zero-order chi connectivity index (χ0) is 13.5. The molecule has 0 saturated heterocycles. The fraction of sp³-hybridized carbons (Fsp3) is 0.188. The molecule has 0 atom stereocenters. The summed E-state index contributed by atoms with van der Waals surface area (Å²) in [5, 5.41) is 8.74. The molecule has 0 aliphatic heterocycles. The lowest BCUT2D eigenvalue weighted by atomic mass is 10.2. The number of nitrogens with zero attached hydrogens (tertiary/aromatic N) is 2. The standard InChI is InChI=1S/C16H15FN2/c17-15-7-4-6-14(12-15)13-19(11-5-10-18)16-8-2-1-3-9-16/h1-4,6-9,12H,5,11,13H2. The van der Waals surface area contributed by atoms with Crippen molar-refractivity contribution in [3.63, 3.8) is 0 Å². The van der Waals surface area contributed by atoms with Gasteiger partial charge in [0.05, 0.1) is 12.5 Å². The fourth-order valence-electron chi connectivity index (χ4n) is 1.98. The number of rotatable bonds is 5. The molecule has 0 aromatic heterocycles. The van der Waals surface area contributed by atoms with Crippen LogP contribution in [0, 0.1) is 17.1 Å². The maximum absolute atomic E-state index is 13.2. The van der Waals surface area contributed by atoms with Crippen LogP contribution in [0.25, 0.3) is 0 Å². The normalized spacial score (nSPS) is 9.89. The number of para-hydroxylation sites is 1. The van der Waals surface area contributed by atoms with Crippen LogP contribution in [0.2, 0.25) is 0 Å². The van der Waals surface area contributed by atoms with Gasteiger partial charge in [0.25, 0.3) is 0 Å². The minimum Gasteiger partial charge on any atom is -0.366 e. The van der Waals surface area contributed by atoms with E-state index in [2.05, 4.69) is 11.0 Å². The lowest BCUT2D eigenvalue weighted by Gasteiger charge is -2.24. The van der Waals surface area contributed by atoms with Crippen LogP contribution in [-0.4, -0.2) is 6.54 Å². The third kappa shape index (κ3) is 3.82. The van der Waals surface area contributed by atoms with Crippen LogP contribution in [-0.2, 0) is 6.54 Å². The van der Waals surface area contributed by atoms with Crippen molar-refractivity contribution in [2.24, 2.45) is 0 Å². The molecule has 0 heterocycles. The van der Waals surface area contributed by atoms with Gasteiger partial charge in [0.2, 0.25) is 0 Å². The van der Waals surface area contributed by atoms with Crippen LogP contribution < -0.4 is 4.90 Å². The maximum atomic E-state index is 13.2. The number of benzene rings is 2. The molecule has 0 aliphatic rings. The summed E-state index contributed by atoms with van der Waals surface area (Å²) in [6.07, 6.45) is 0.449. The minimum absolute atomic E-state index is 0.231. The van der Waals surface area contributed by atoms with Gasteiger partial charge in [-0.2, -0.15) is 5.26 Å². The van der Waals surface area contributed by atoms with Crippen LogP contribution in [0.3, 0.4) is 0 Å². The minimum atomic E-state index is -0.231. The highest BCUT2D eigenvalue weighted by molar-refractivity contribution is 5.46. The molecule has 0 spiro atoms. The summed E-state index contributed by atoms with van der Waals surface area (Å²) in [5.74, 6) is -0.231. The van der Waals surface area contributed by atoms with Crippen molar-refractivity contribution < 1.29 is 4.39 Å². The highest BCUT2D eigenvalue weighted by Gasteiger charge is 2.07. The van der Waals surface area contributed by atoms with Crippen molar-refractivity contribution in [2.45, 2.75) is 13.0 Å². The van der Waals surface area contributed by atoms with E-state index in [-0.39, 0.29) is 5.82 Å². The number of hydrogen-bond acceptors (Lipinski definition) is 2. The first-order valence-electron chi connectivity index (χ1n) is 6.21. The summed E-state index contributed by atoms with van der Waals surface area (Å²) >= 11 is 0. The summed E-state index contributed by atoms with van der Waals surface area (Å²) in [6, 6.07) is 18.6. The Balaban J connectivity index is 2.17. The van der Waals surface area contributed by atoms with Gasteiger partial charge in [-0.3, -0.25) is 0 Å². The van der Waals surface area contributed by atoms with Gasteiger partial charge in [0, 0.05) is 18.8 Å². The Morgan fingerprint density at radius 2 is 1.84 bits per heavy atom. The van der Waals surface area contributed by atoms with Crippen molar-refractivity contribution >= 4 is 5.69 Å². The van der Waals surface area contributed by atoms with Gasteiger partial charge in [-0.05, 0) is 29.8 Å². The Kier molecular flexibility index (Phi) is 4.52. The van der Waals surface area contributed by atoms with Crippen LogP contribution in [0.1, 0.15) is 12.0 Å². The summed E-state index contributed by atoms with van der Waals surface area (Å²) in [6.45, 7) is 1.24. The predicted molar refractivity (Wildman–Crippen MR) is 74.1 cm³/mol. The third-order valence-corrected chi connectivity index (χ3v) is 2.88. The van der Waals surface area contributed by atoms with E-state index < -0.39 is 0 Å². The summed E-state index contributed by atoms with van der Waals surface area (Å²) in [5.41, 5.74) is 1.95. The van der Waals surface area contributed by atoms with Gasteiger partial charge in [-0.25, -0.2) is 4.39 Å². The second kappa shape index (κ2) is 6.55. The van der Waals surface area contributed by atoms with E-state index in [0.29, 0.717) is 19.5 Å². The SMILES string of the molecule is N#CCCN(Cc1cccc(F)c1)c1ccccc1. The maximum Gasteiger partial charge on any atom is 0.123 e. The van der Waals surface area contributed by atoms with E-state index in [4.69, 9.17) is 5.26 Å². The van der Waals surface area contributed by atoms with Crippen LogP contribution in [0.4, 0.5) is 10.1 Å². The zero-order valence-corrected chi connectivity index (χ0v) is 10.6. The molecular formula is C16H15FN2.